The smallest absolute Gasteiger partial charge is 0.0364 e. The van der Waals surface area contributed by atoms with Crippen LogP contribution in [0.15, 0.2) is 0 Å². The van der Waals surface area contributed by atoms with Gasteiger partial charge in [0.25, 0.3) is 0 Å². The van der Waals surface area contributed by atoms with Gasteiger partial charge in [-0.1, -0.05) is 6.42 Å². The summed E-state index contributed by atoms with van der Waals surface area (Å²) in [6.07, 6.45) is 7.47. The molecule has 0 N–H and O–H groups in total. The molecule has 0 aromatic carbocycles. The summed E-state index contributed by atoms with van der Waals surface area (Å²) < 4.78 is 0. The van der Waals surface area contributed by atoms with Crippen molar-refractivity contribution >= 4 is 23.4 Å². The number of hydrogen-bond acceptors (Lipinski definition) is 1. The Morgan fingerprint density at radius 2 is 2.30 bits per heavy atom. The molecule has 2 atom stereocenters. The van der Waals surface area contributed by atoms with E-state index in [0.717, 1.165) is 5.92 Å². The molecule has 0 aliphatic heterocycles. The standard InChI is InChI=1S/C8H15ClS/c1-10-6-5-7-3-2-4-8(7)9/h7-8H,2-6H2,1H3. The summed E-state index contributed by atoms with van der Waals surface area (Å²) in [5.74, 6) is 2.11. The zero-order valence-corrected chi connectivity index (χ0v) is 8.05. The van der Waals surface area contributed by atoms with Gasteiger partial charge in [0.15, 0.2) is 0 Å². The van der Waals surface area contributed by atoms with Gasteiger partial charge in [-0.05, 0) is 37.2 Å². The summed E-state index contributed by atoms with van der Waals surface area (Å²) >= 11 is 8.04. The molecule has 1 aliphatic rings. The molecular weight excluding hydrogens is 164 g/mol. The zero-order chi connectivity index (χ0) is 7.40. The highest BCUT2D eigenvalue weighted by Crippen LogP contribution is 2.32. The summed E-state index contributed by atoms with van der Waals surface area (Å²) in [6, 6.07) is 0. The molecule has 2 heteroatoms. The Morgan fingerprint density at radius 3 is 2.80 bits per heavy atom. The molecule has 2 unspecified atom stereocenters. The summed E-state index contributed by atoms with van der Waals surface area (Å²) in [7, 11) is 0. The van der Waals surface area contributed by atoms with Crippen molar-refractivity contribution in [1.82, 2.24) is 0 Å². The molecule has 0 amide bonds. The fourth-order valence-electron chi connectivity index (χ4n) is 1.59. The number of thioether (sulfide) groups is 1. The summed E-state index contributed by atoms with van der Waals surface area (Å²) in [4.78, 5) is 0. The lowest BCUT2D eigenvalue weighted by molar-refractivity contribution is 0.541. The minimum absolute atomic E-state index is 0.493. The molecule has 0 bridgehead atoms. The van der Waals surface area contributed by atoms with Gasteiger partial charge in [0.1, 0.15) is 0 Å². The fourth-order valence-corrected chi connectivity index (χ4v) is 2.53. The normalized spacial score (nSPS) is 33.0. The van der Waals surface area contributed by atoms with Gasteiger partial charge < -0.3 is 0 Å². The van der Waals surface area contributed by atoms with Crippen LogP contribution in [0.3, 0.4) is 0 Å². The van der Waals surface area contributed by atoms with Crippen LogP contribution in [0.5, 0.6) is 0 Å². The molecule has 1 aliphatic carbocycles. The SMILES string of the molecule is CSCCC1CCCC1Cl. The molecule has 1 saturated carbocycles. The lowest BCUT2D eigenvalue weighted by Crippen LogP contribution is -2.07. The van der Waals surface area contributed by atoms with Crippen LogP contribution in [0, 0.1) is 5.92 Å². The second kappa shape index (κ2) is 4.50. The van der Waals surface area contributed by atoms with E-state index in [0.29, 0.717) is 5.38 Å². The van der Waals surface area contributed by atoms with Gasteiger partial charge in [-0.2, -0.15) is 11.8 Å². The van der Waals surface area contributed by atoms with Crippen LogP contribution in [0.25, 0.3) is 0 Å². The van der Waals surface area contributed by atoms with Gasteiger partial charge in [-0.15, -0.1) is 11.6 Å². The van der Waals surface area contributed by atoms with Gasteiger partial charge >= 0.3 is 0 Å². The summed E-state index contributed by atoms with van der Waals surface area (Å²) in [6.45, 7) is 0. The van der Waals surface area contributed by atoms with Gasteiger partial charge in [0.2, 0.25) is 0 Å². The Hall–Kier alpha value is 0.640. The zero-order valence-electron chi connectivity index (χ0n) is 6.48. The highest BCUT2D eigenvalue weighted by atomic mass is 35.5. The van der Waals surface area contributed by atoms with E-state index in [1.807, 2.05) is 11.8 Å². The predicted molar refractivity (Wildman–Crippen MR) is 50.0 cm³/mol. The first-order valence-corrected chi connectivity index (χ1v) is 5.80. The molecular formula is C8H15ClS. The van der Waals surface area contributed by atoms with E-state index in [2.05, 4.69) is 6.26 Å². The van der Waals surface area contributed by atoms with Crippen molar-refractivity contribution in [2.45, 2.75) is 31.1 Å². The maximum absolute atomic E-state index is 6.10. The van der Waals surface area contributed by atoms with Crippen molar-refractivity contribution in [3.05, 3.63) is 0 Å². The number of rotatable bonds is 3. The highest BCUT2D eigenvalue weighted by molar-refractivity contribution is 7.98. The van der Waals surface area contributed by atoms with E-state index < -0.39 is 0 Å². The maximum Gasteiger partial charge on any atom is 0.0364 e. The average molecular weight is 179 g/mol. The third kappa shape index (κ3) is 2.35. The molecule has 0 aromatic rings. The summed E-state index contributed by atoms with van der Waals surface area (Å²) in [5.41, 5.74) is 0. The monoisotopic (exact) mass is 178 g/mol. The molecule has 10 heavy (non-hydrogen) atoms. The molecule has 0 radical (unpaired) electrons. The Bertz CT molecular complexity index is 95.3. The molecule has 60 valence electrons. The highest BCUT2D eigenvalue weighted by Gasteiger charge is 2.24. The lowest BCUT2D eigenvalue weighted by Gasteiger charge is -2.11. The molecule has 1 rings (SSSR count). The van der Waals surface area contributed by atoms with E-state index in [4.69, 9.17) is 11.6 Å². The molecule has 0 heterocycles. The molecule has 1 fully saturated rings. The van der Waals surface area contributed by atoms with Crippen LogP contribution in [0.2, 0.25) is 0 Å². The Morgan fingerprint density at radius 1 is 1.50 bits per heavy atom. The molecule has 0 saturated heterocycles. The van der Waals surface area contributed by atoms with E-state index in [9.17, 15) is 0 Å². The second-order valence-corrected chi connectivity index (χ2v) is 4.53. The van der Waals surface area contributed by atoms with Crippen LogP contribution >= 0.6 is 23.4 Å². The van der Waals surface area contributed by atoms with Crippen molar-refractivity contribution in [1.29, 1.82) is 0 Å². The van der Waals surface area contributed by atoms with Crippen molar-refractivity contribution in [3.8, 4) is 0 Å². The third-order valence-corrected chi connectivity index (χ3v) is 3.48. The Balaban J connectivity index is 2.14. The van der Waals surface area contributed by atoms with Crippen LogP contribution in [-0.2, 0) is 0 Å². The van der Waals surface area contributed by atoms with Gasteiger partial charge in [0.05, 0.1) is 0 Å². The van der Waals surface area contributed by atoms with Crippen molar-refractivity contribution in [2.24, 2.45) is 5.92 Å². The lowest BCUT2D eigenvalue weighted by atomic mass is 10.1. The summed E-state index contributed by atoms with van der Waals surface area (Å²) in [5, 5.41) is 0.493. The van der Waals surface area contributed by atoms with Crippen LogP contribution in [0.1, 0.15) is 25.7 Å². The van der Waals surface area contributed by atoms with Crippen LogP contribution in [-0.4, -0.2) is 17.4 Å². The molecule has 0 aromatic heterocycles. The Kier molecular flexibility index (Phi) is 3.93. The van der Waals surface area contributed by atoms with Crippen LogP contribution < -0.4 is 0 Å². The van der Waals surface area contributed by atoms with Gasteiger partial charge in [-0.25, -0.2) is 0 Å². The largest absolute Gasteiger partial charge is 0.165 e. The quantitative estimate of drug-likeness (QED) is 0.599. The van der Waals surface area contributed by atoms with Gasteiger partial charge in [0, 0.05) is 5.38 Å². The minimum Gasteiger partial charge on any atom is -0.165 e. The molecule has 0 nitrogen and oxygen atoms in total. The predicted octanol–water partition coefficient (Wildman–Crippen LogP) is 3.15. The first kappa shape index (κ1) is 8.73. The topological polar surface area (TPSA) is 0 Å². The maximum atomic E-state index is 6.10. The number of halogens is 1. The minimum atomic E-state index is 0.493. The van der Waals surface area contributed by atoms with Crippen molar-refractivity contribution in [2.75, 3.05) is 12.0 Å². The van der Waals surface area contributed by atoms with E-state index in [1.165, 1.54) is 31.4 Å². The first-order chi connectivity index (χ1) is 4.84. The van der Waals surface area contributed by atoms with Crippen molar-refractivity contribution < 1.29 is 0 Å². The second-order valence-electron chi connectivity index (χ2n) is 2.99. The van der Waals surface area contributed by atoms with Gasteiger partial charge in [-0.3, -0.25) is 0 Å². The molecule has 0 spiro atoms. The number of alkyl halides is 1. The third-order valence-electron chi connectivity index (χ3n) is 2.26. The average Bonchev–Trinajstić information content (AvgIpc) is 2.31. The van der Waals surface area contributed by atoms with E-state index in [1.54, 1.807) is 0 Å². The van der Waals surface area contributed by atoms with Crippen molar-refractivity contribution in [3.63, 3.8) is 0 Å². The van der Waals surface area contributed by atoms with Crippen LogP contribution in [0.4, 0.5) is 0 Å². The van der Waals surface area contributed by atoms with E-state index >= 15 is 0 Å². The van der Waals surface area contributed by atoms with E-state index in [-0.39, 0.29) is 0 Å². The Labute approximate surface area is 72.7 Å². The first-order valence-electron chi connectivity index (χ1n) is 3.97. The number of hydrogen-bond donors (Lipinski definition) is 0. The fraction of sp³-hybridized carbons (Fsp3) is 1.00.